The van der Waals surface area contributed by atoms with E-state index in [1.807, 2.05) is 63.0 Å². The van der Waals surface area contributed by atoms with Gasteiger partial charge in [-0.05, 0) is 38.0 Å². The van der Waals surface area contributed by atoms with Crippen LogP contribution < -0.4 is 16.0 Å². The van der Waals surface area contributed by atoms with E-state index in [4.69, 9.17) is 17.3 Å². The van der Waals surface area contributed by atoms with Crippen LogP contribution in [0.1, 0.15) is 45.8 Å². The number of β-amino-alcohol motifs (C(OH)–C–C–N with tert-alkyl or cyclic N) is 1. The third-order valence-electron chi connectivity index (χ3n) is 6.02. The lowest BCUT2D eigenvalue weighted by atomic mass is 9.53. The average Bonchev–Trinajstić information content (AvgIpc) is 3.45. The number of carbonyl (C=O) groups is 1. The van der Waals surface area contributed by atoms with Gasteiger partial charge in [0.1, 0.15) is 30.3 Å². The van der Waals surface area contributed by atoms with E-state index in [1.165, 1.54) is 7.17 Å². The molecule has 2 aromatic rings. The predicted octanol–water partition coefficient (Wildman–Crippen LogP) is 0.948. The van der Waals surface area contributed by atoms with Gasteiger partial charge in [-0.1, -0.05) is 37.2 Å². The van der Waals surface area contributed by atoms with Crippen molar-refractivity contribution in [3.8, 4) is 0 Å². The lowest BCUT2D eigenvalue weighted by Crippen LogP contribution is -2.52. The van der Waals surface area contributed by atoms with E-state index in [1.54, 1.807) is 11.0 Å². The van der Waals surface area contributed by atoms with Gasteiger partial charge in [0.05, 0.1) is 17.8 Å². The van der Waals surface area contributed by atoms with Crippen LogP contribution in [0.25, 0.3) is 0 Å². The van der Waals surface area contributed by atoms with Crippen LogP contribution in [0.4, 0.5) is 5.69 Å². The molecule has 3 atom stereocenters. The van der Waals surface area contributed by atoms with Crippen molar-refractivity contribution in [1.29, 1.82) is 0 Å². The van der Waals surface area contributed by atoms with E-state index in [2.05, 4.69) is 10.6 Å². The van der Waals surface area contributed by atoms with Gasteiger partial charge in [-0.15, -0.1) is 0 Å². The average molecular weight is 432 g/mol. The molecule has 4 rings (SSSR count). The van der Waals surface area contributed by atoms with Crippen LogP contribution in [0.15, 0.2) is 45.9 Å². The van der Waals surface area contributed by atoms with Crippen molar-refractivity contribution in [2.45, 2.75) is 57.8 Å². The van der Waals surface area contributed by atoms with Crippen molar-refractivity contribution in [2.75, 3.05) is 11.6 Å². The number of benzene rings is 1. The Hall–Kier alpha value is -2.74. The first-order valence-corrected chi connectivity index (χ1v) is 10.9. The van der Waals surface area contributed by atoms with Gasteiger partial charge in [0.2, 0.25) is 5.91 Å². The Morgan fingerprint density at radius 3 is 2.69 bits per heavy atom. The van der Waals surface area contributed by atoms with Crippen LogP contribution >= 0.6 is 0 Å². The molecular weight excluding hydrogens is 404 g/mol. The van der Waals surface area contributed by atoms with Crippen LogP contribution in [0.5, 0.6) is 0 Å². The smallest absolute Gasteiger partial charge is 0.234 e. The van der Waals surface area contributed by atoms with E-state index in [0.717, 1.165) is 5.69 Å². The second-order valence-electron chi connectivity index (χ2n) is 9.21. The third-order valence-corrected chi connectivity index (χ3v) is 6.02. The largest absolute Gasteiger partial charge is 0.391 e. The highest BCUT2D eigenvalue weighted by Crippen LogP contribution is 2.33. The first kappa shape index (κ1) is 22.5. The minimum atomic E-state index is -0.627. The lowest BCUT2D eigenvalue weighted by molar-refractivity contribution is -0.134. The number of hydrazine groups is 1. The highest BCUT2D eigenvalue weighted by atomic mass is 16.5. The molecule has 1 saturated heterocycles. The molecule has 1 aromatic heterocycles. The molecule has 2 aliphatic heterocycles. The minimum absolute atomic E-state index is 0.0322. The summed E-state index contributed by atoms with van der Waals surface area (Å²) in [6.07, 6.45) is -0.211. The van der Waals surface area contributed by atoms with Gasteiger partial charge in [-0.25, -0.2) is 4.99 Å². The Labute approximate surface area is 190 Å². The van der Waals surface area contributed by atoms with Gasteiger partial charge in [0.25, 0.3) is 0 Å². The molecular formula is C22H28B2N5O3. The van der Waals surface area contributed by atoms with E-state index < -0.39 is 17.7 Å². The van der Waals surface area contributed by atoms with Crippen LogP contribution in [0.2, 0.25) is 0 Å². The van der Waals surface area contributed by atoms with Gasteiger partial charge in [0.15, 0.2) is 0 Å². The Balaban J connectivity index is 1.61. The third kappa shape index (κ3) is 4.16. The Morgan fingerprint density at radius 2 is 2.06 bits per heavy atom. The summed E-state index contributed by atoms with van der Waals surface area (Å²) in [6, 6.07) is 11.2. The molecule has 0 aliphatic carbocycles. The number of nitrogens with one attached hydrogen (secondary N) is 1. The molecule has 165 valence electrons. The molecule has 3 heterocycles. The molecule has 1 fully saturated rings. The highest BCUT2D eigenvalue weighted by molar-refractivity contribution is 6.97. The number of nitrogens with zero attached hydrogens (tertiary/aromatic N) is 4. The number of aliphatic hydroxyl groups is 1. The van der Waals surface area contributed by atoms with Crippen molar-refractivity contribution < 1.29 is 14.4 Å². The van der Waals surface area contributed by atoms with Gasteiger partial charge in [-0.2, -0.15) is 0 Å². The zero-order chi connectivity index (χ0) is 23.0. The molecule has 1 aromatic carbocycles. The summed E-state index contributed by atoms with van der Waals surface area (Å²) >= 11 is 0. The maximum absolute atomic E-state index is 13.7. The van der Waals surface area contributed by atoms with E-state index in [0.29, 0.717) is 23.6 Å². The maximum atomic E-state index is 13.7. The monoisotopic (exact) mass is 432 g/mol. The van der Waals surface area contributed by atoms with Crippen molar-refractivity contribution in [2.24, 2.45) is 10.9 Å². The number of para-hydroxylation sites is 1. The number of carbonyl (C=O) groups excluding carboxylic acids is 1. The van der Waals surface area contributed by atoms with Crippen molar-refractivity contribution >= 4 is 37.9 Å². The maximum Gasteiger partial charge on any atom is 0.234 e. The Kier molecular flexibility index (Phi) is 6.07. The van der Waals surface area contributed by atoms with Crippen molar-refractivity contribution in [1.82, 2.24) is 15.5 Å². The number of amides is 1. The van der Waals surface area contributed by atoms with Crippen LogP contribution in [-0.4, -0.2) is 66.2 Å². The normalized spacial score (nSPS) is 23.2. The predicted molar refractivity (Wildman–Crippen MR) is 125 cm³/mol. The summed E-state index contributed by atoms with van der Waals surface area (Å²) in [5.41, 5.74) is 4.30. The Bertz CT molecular complexity index is 994. The number of aliphatic hydroxyl groups excluding tert-OH is 1. The molecule has 32 heavy (non-hydrogen) atoms. The van der Waals surface area contributed by atoms with Gasteiger partial charge in [-0.3, -0.25) is 15.2 Å². The summed E-state index contributed by atoms with van der Waals surface area (Å²) in [6.45, 7) is 8.18. The fraction of sp³-hybridized carbons (Fsp3) is 0.500. The molecule has 2 aliphatic rings. The number of hydrogen-bond acceptors (Lipinski definition) is 7. The molecule has 2 N–H and O–H groups in total. The molecule has 0 saturated carbocycles. The molecule has 1 unspecified atom stereocenters. The van der Waals surface area contributed by atoms with Crippen LogP contribution in [0, 0.1) is 5.92 Å². The minimum Gasteiger partial charge on any atom is -0.391 e. The zero-order valence-corrected chi connectivity index (χ0v) is 18.9. The number of anilines is 1. The van der Waals surface area contributed by atoms with Crippen LogP contribution in [-0.2, 0) is 4.79 Å². The number of aromatic nitrogens is 1. The fourth-order valence-electron chi connectivity index (χ4n) is 4.49. The zero-order valence-electron chi connectivity index (χ0n) is 18.9. The van der Waals surface area contributed by atoms with E-state index in [-0.39, 0.29) is 24.4 Å². The van der Waals surface area contributed by atoms with Gasteiger partial charge in [0, 0.05) is 26.3 Å². The molecule has 0 bridgehead atoms. The SMILES string of the molecule is [B][B]c1cc(C(C(=O)N2C[C@H](O)C[C@H]2C2=NC(C)(C)N(c3ccccc3)N2)C(C)C)on1. The summed E-state index contributed by atoms with van der Waals surface area (Å²) < 4.78 is 5.43. The molecule has 8 nitrogen and oxygen atoms in total. The first-order chi connectivity index (χ1) is 15.2. The van der Waals surface area contributed by atoms with Gasteiger partial charge < -0.3 is 14.5 Å². The number of rotatable bonds is 6. The van der Waals surface area contributed by atoms with Crippen LogP contribution in [0.3, 0.4) is 0 Å². The second kappa shape index (κ2) is 8.65. The van der Waals surface area contributed by atoms with E-state index >= 15 is 0 Å². The first-order valence-electron chi connectivity index (χ1n) is 10.9. The number of amidine groups is 1. The number of aliphatic imine (C=N–C) groups is 1. The molecule has 10 heteroatoms. The highest BCUT2D eigenvalue weighted by Gasteiger charge is 2.46. The topological polar surface area (TPSA) is 94.2 Å². The summed E-state index contributed by atoms with van der Waals surface area (Å²) in [7, 11) is 6.88. The quantitative estimate of drug-likeness (QED) is 0.661. The van der Waals surface area contributed by atoms with E-state index in [9.17, 15) is 9.90 Å². The Morgan fingerprint density at radius 1 is 1.34 bits per heavy atom. The standard InChI is InChI=1S/C22H28B2N5O3/c1-13(2)19(17-11-18(24-23)27-32-17)21(31)28-12-15(30)10-16(28)20-25-22(3,4)29(26-20)14-8-6-5-7-9-14/h5-9,11,13,15-16,19,30H,10,12H2,1-4H3,(H,25,26)/t15-,16+,19?/m1/s1. The van der Waals surface area contributed by atoms with Gasteiger partial charge >= 0.3 is 0 Å². The molecule has 0 spiro atoms. The lowest BCUT2D eigenvalue weighted by Gasteiger charge is -2.32. The number of hydrogen-bond donors (Lipinski definition) is 2. The molecule has 3 radical (unpaired) electrons. The summed E-state index contributed by atoms with van der Waals surface area (Å²) in [5, 5.41) is 16.4. The van der Waals surface area contributed by atoms with Crippen molar-refractivity contribution in [3.05, 3.63) is 42.2 Å². The summed E-state index contributed by atoms with van der Waals surface area (Å²) in [5.74, 6) is 0.440. The fourth-order valence-corrected chi connectivity index (χ4v) is 4.49. The second-order valence-corrected chi connectivity index (χ2v) is 9.21. The number of likely N-dealkylation sites (tertiary alicyclic amines) is 1. The molecule has 1 amide bonds. The summed E-state index contributed by atoms with van der Waals surface area (Å²) in [4.78, 5) is 20.3. The van der Waals surface area contributed by atoms with Crippen molar-refractivity contribution in [3.63, 3.8) is 0 Å².